The molecule has 1 aliphatic rings. The molecule has 0 spiro atoms. The predicted octanol–water partition coefficient (Wildman–Crippen LogP) is 4.67. The summed E-state index contributed by atoms with van der Waals surface area (Å²) >= 11 is 0. The maximum absolute atomic E-state index is 11.4. The number of fused-ring (bicyclic) bond motifs is 1. The number of benzene rings is 2. The van der Waals surface area contributed by atoms with Gasteiger partial charge in [0.15, 0.2) is 0 Å². The molecule has 0 aliphatic heterocycles. The van der Waals surface area contributed by atoms with Crippen molar-refractivity contribution in [1.29, 1.82) is 5.26 Å². The maximum Gasteiger partial charge on any atom is 0.334 e. The molecule has 1 aliphatic carbocycles. The number of aromatic nitrogens is 2. The molecule has 0 radical (unpaired) electrons. The van der Waals surface area contributed by atoms with Crippen LogP contribution in [0.5, 0.6) is 5.75 Å². The van der Waals surface area contributed by atoms with Gasteiger partial charge in [0.05, 0.1) is 17.4 Å². The topological polar surface area (TPSA) is 111 Å². The van der Waals surface area contributed by atoms with Crippen molar-refractivity contribution in [3.8, 4) is 34.7 Å². The van der Waals surface area contributed by atoms with Gasteiger partial charge in [-0.15, -0.1) is 0 Å². The van der Waals surface area contributed by atoms with E-state index in [1.54, 1.807) is 25.1 Å². The van der Waals surface area contributed by atoms with E-state index in [1.807, 2.05) is 32.0 Å². The zero-order chi connectivity index (χ0) is 22.7. The van der Waals surface area contributed by atoms with Crippen LogP contribution in [0.4, 0.5) is 0 Å². The average molecular weight is 430 g/mol. The second-order valence-electron chi connectivity index (χ2n) is 7.60. The lowest BCUT2D eigenvalue weighted by molar-refractivity contribution is -0.143. The summed E-state index contributed by atoms with van der Waals surface area (Å²) in [4.78, 5) is 20.9. The SMILES string of the molecule is CCC(=O)O/N=C1/CCc2c1cccc2-c1noc(-c2ccc(OC(C)C)c(C#N)c2)n1. The van der Waals surface area contributed by atoms with Gasteiger partial charge < -0.3 is 14.1 Å². The van der Waals surface area contributed by atoms with E-state index in [0.717, 1.165) is 28.8 Å². The van der Waals surface area contributed by atoms with Gasteiger partial charge in [0.25, 0.3) is 5.89 Å². The number of nitriles is 1. The standard InChI is InChI=1S/C24H22N4O4/c1-4-22(29)31-27-20-10-9-17-18(20)6-5-7-19(17)23-26-24(32-28-23)15-8-11-21(30-14(2)3)16(12-15)13-25/h5-8,11-12,14H,4,9-10H2,1-3H3/b27-20-. The van der Waals surface area contributed by atoms with E-state index in [9.17, 15) is 10.1 Å². The highest BCUT2D eigenvalue weighted by Crippen LogP contribution is 2.33. The van der Waals surface area contributed by atoms with Crippen molar-refractivity contribution in [3.05, 3.63) is 53.1 Å². The zero-order valence-electron chi connectivity index (χ0n) is 18.1. The number of rotatable bonds is 6. The van der Waals surface area contributed by atoms with Crippen LogP contribution in [0, 0.1) is 11.3 Å². The molecule has 0 saturated heterocycles. The summed E-state index contributed by atoms with van der Waals surface area (Å²) in [5, 5.41) is 17.7. The van der Waals surface area contributed by atoms with Crippen LogP contribution < -0.4 is 4.74 Å². The van der Waals surface area contributed by atoms with Crippen LogP contribution in [0.3, 0.4) is 0 Å². The lowest BCUT2D eigenvalue weighted by Gasteiger charge is -2.11. The van der Waals surface area contributed by atoms with Crippen LogP contribution >= 0.6 is 0 Å². The van der Waals surface area contributed by atoms with E-state index >= 15 is 0 Å². The molecule has 8 heteroatoms. The maximum atomic E-state index is 11.4. The summed E-state index contributed by atoms with van der Waals surface area (Å²) in [7, 11) is 0. The Morgan fingerprint density at radius 3 is 2.81 bits per heavy atom. The minimum Gasteiger partial charge on any atom is -0.490 e. The van der Waals surface area contributed by atoms with Crippen LogP contribution in [0.2, 0.25) is 0 Å². The summed E-state index contributed by atoms with van der Waals surface area (Å²) in [6, 6.07) is 13.1. The molecule has 0 amide bonds. The van der Waals surface area contributed by atoms with Crippen molar-refractivity contribution in [2.75, 3.05) is 0 Å². The fourth-order valence-electron chi connectivity index (χ4n) is 3.54. The van der Waals surface area contributed by atoms with Crippen LogP contribution in [0.25, 0.3) is 22.8 Å². The molecule has 32 heavy (non-hydrogen) atoms. The van der Waals surface area contributed by atoms with Crippen molar-refractivity contribution >= 4 is 11.7 Å². The molecule has 8 nitrogen and oxygen atoms in total. The molecule has 1 aromatic heterocycles. The van der Waals surface area contributed by atoms with Gasteiger partial charge in [0.1, 0.15) is 11.8 Å². The lowest BCUT2D eigenvalue weighted by Crippen LogP contribution is -2.06. The van der Waals surface area contributed by atoms with E-state index < -0.39 is 0 Å². The van der Waals surface area contributed by atoms with Crippen molar-refractivity contribution in [3.63, 3.8) is 0 Å². The molecule has 0 atom stereocenters. The van der Waals surface area contributed by atoms with Crippen molar-refractivity contribution in [1.82, 2.24) is 10.1 Å². The Morgan fingerprint density at radius 2 is 2.06 bits per heavy atom. The van der Waals surface area contributed by atoms with E-state index in [0.29, 0.717) is 35.0 Å². The second-order valence-corrected chi connectivity index (χ2v) is 7.60. The molecule has 0 saturated carbocycles. The van der Waals surface area contributed by atoms with Crippen LogP contribution in [0.15, 0.2) is 46.1 Å². The Bertz CT molecular complexity index is 1240. The molecule has 162 valence electrons. The van der Waals surface area contributed by atoms with Gasteiger partial charge >= 0.3 is 5.97 Å². The van der Waals surface area contributed by atoms with Crippen molar-refractivity contribution < 1.29 is 18.9 Å². The first-order valence-corrected chi connectivity index (χ1v) is 10.4. The molecule has 0 unspecified atom stereocenters. The molecule has 1 heterocycles. The van der Waals surface area contributed by atoms with Crippen LogP contribution in [-0.2, 0) is 16.1 Å². The Labute approximate surface area is 185 Å². The highest BCUT2D eigenvalue weighted by Gasteiger charge is 2.24. The van der Waals surface area contributed by atoms with Crippen LogP contribution in [0.1, 0.15) is 50.3 Å². The van der Waals surface area contributed by atoms with Crippen molar-refractivity contribution in [2.45, 2.75) is 46.1 Å². The number of oxime groups is 1. The zero-order valence-corrected chi connectivity index (χ0v) is 18.1. The Morgan fingerprint density at radius 1 is 1.25 bits per heavy atom. The number of ether oxygens (including phenoxy) is 1. The van der Waals surface area contributed by atoms with Gasteiger partial charge in [0, 0.05) is 23.1 Å². The molecule has 4 rings (SSSR count). The summed E-state index contributed by atoms with van der Waals surface area (Å²) in [5.74, 6) is 0.910. The number of carbonyl (C=O) groups is 1. The number of hydrogen-bond donors (Lipinski definition) is 0. The minimum absolute atomic E-state index is 0.0398. The normalized spacial score (nSPS) is 13.8. The van der Waals surface area contributed by atoms with Gasteiger partial charge in [-0.1, -0.05) is 35.4 Å². The number of nitrogens with zero attached hydrogens (tertiary/aromatic N) is 4. The molecule has 0 bridgehead atoms. The van der Waals surface area contributed by atoms with Gasteiger partial charge in [0.2, 0.25) is 5.82 Å². The summed E-state index contributed by atoms with van der Waals surface area (Å²) in [6.45, 7) is 5.53. The summed E-state index contributed by atoms with van der Waals surface area (Å²) in [5.41, 5.74) is 4.55. The Hall–Kier alpha value is -3.99. The number of hydrogen-bond acceptors (Lipinski definition) is 8. The summed E-state index contributed by atoms with van der Waals surface area (Å²) < 4.78 is 11.2. The monoisotopic (exact) mass is 430 g/mol. The second kappa shape index (κ2) is 9.02. The Kier molecular flexibility index (Phi) is 5.99. The largest absolute Gasteiger partial charge is 0.490 e. The third kappa shape index (κ3) is 4.23. The minimum atomic E-state index is -0.369. The first-order valence-electron chi connectivity index (χ1n) is 10.4. The fourth-order valence-corrected chi connectivity index (χ4v) is 3.54. The number of carbonyl (C=O) groups excluding carboxylic acids is 1. The third-order valence-corrected chi connectivity index (χ3v) is 5.02. The van der Waals surface area contributed by atoms with E-state index in [2.05, 4.69) is 21.4 Å². The summed E-state index contributed by atoms with van der Waals surface area (Å²) in [6.07, 6.45) is 1.63. The highest BCUT2D eigenvalue weighted by atomic mass is 16.7. The van der Waals surface area contributed by atoms with Gasteiger partial charge in [-0.05, 0) is 50.5 Å². The van der Waals surface area contributed by atoms with E-state index in [4.69, 9.17) is 14.1 Å². The van der Waals surface area contributed by atoms with E-state index in [-0.39, 0.29) is 18.5 Å². The van der Waals surface area contributed by atoms with E-state index in [1.165, 1.54) is 0 Å². The average Bonchev–Trinajstić information content (AvgIpc) is 3.44. The van der Waals surface area contributed by atoms with Gasteiger partial charge in [-0.3, -0.25) is 0 Å². The molecular weight excluding hydrogens is 408 g/mol. The first-order chi connectivity index (χ1) is 15.5. The lowest BCUT2D eigenvalue weighted by atomic mass is 10.0. The van der Waals surface area contributed by atoms with Crippen LogP contribution in [-0.4, -0.2) is 27.9 Å². The molecule has 2 aromatic carbocycles. The molecule has 0 N–H and O–H groups in total. The highest BCUT2D eigenvalue weighted by molar-refractivity contribution is 6.05. The smallest absolute Gasteiger partial charge is 0.334 e. The molecular formula is C24H22N4O4. The van der Waals surface area contributed by atoms with Gasteiger partial charge in [-0.25, -0.2) is 4.79 Å². The molecule has 0 fully saturated rings. The first kappa shape index (κ1) is 21.2. The van der Waals surface area contributed by atoms with Crippen molar-refractivity contribution in [2.24, 2.45) is 5.16 Å². The fraction of sp³-hybridized carbons (Fsp3) is 0.292. The molecule has 3 aromatic rings. The van der Waals surface area contributed by atoms with Gasteiger partial charge in [-0.2, -0.15) is 10.2 Å². The predicted molar refractivity (Wildman–Crippen MR) is 117 cm³/mol. The Balaban J connectivity index is 1.64. The third-order valence-electron chi connectivity index (χ3n) is 5.02. The quantitative estimate of drug-likeness (QED) is 0.413.